The Kier molecular flexibility index (Phi) is 8.74. The highest BCUT2D eigenvalue weighted by atomic mass is 35.5. The minimum atomic E-state index is -0.449. The number of hydrogen-bond acceptors (Lipinski definition) is 4. The average molecular weight is 527 g/mol. The molecule has 1 fully saturated rings. The summed E-state index contributed by atoms with van der Waals surface area (Å²) in [5.41, 5.74) is 4.45. The molecule has 2 heterocycles. The maximum Gasteiger partial charge on any atom is 0.255 e. The van der Waals surface area contributed by atoms with Crippen LogP contribution in [0.2, 0.25) is 5.02 Å². The standard InChI is InChI=1S/C28H33ClFN4OP/c1-5-7-26-19(4)36-27(15-31-26)32-18(3)22-14-21(9-8-17(22)2)33-28(35)20-12-24(29)23(25(30)13-20)16-34-10-6-11-34/h7-9,12-15,18,27,32,36H,4-6,10-11,16H2,1-3H3,(H,33,35)/b26-7+. The highest BCUT2D eigenvalue weighted by Crippen LogP contribution is 2.37. The monoisotopic (exact) mass is 526 g/mol. The molecule has 3 atom stereocenters. The Morgan fingerprint density at radius 1 is 1.36 bits per heavy atom. The van der Waals surface area contributed by atoms with Gasteiger partial charge in [0.25, 0.3) is 5.91 Å². The quantitative estimate of drug-likeness (QED) is 0.372. The van der Waals surface area contributed by atoms with Gasteiger partial charge in [-0.1, -0.05) is 45.8 Å². The van der Waals surface area contributed by atoms with Crippen molar-refractivity contribution >= 4 is 38.0 Å². The summed E-state index contributed by atoms with van der Waals surface area (Å²) >= 11 is 6.35. The Labute approximate surface area is 219 Å². The summed E-state index contributed by atoms with van der Waals surface area (Å²) in [5, 5.41) is 7.86. The first kappa shape index (κ1) is 26.7. The van der Waals surface area contributed by atoms with E-state index in [-0.39, 0.29) is 22.4 Å². The Morgan fingerprint density at radius 3 is 2.78 bits per heavy atom. The van der Waals surface area contributed by atoms with E-state index < -0.39 is 11.7 Å². The van der Waals surface area contributed by atoms with Crippen molar-refractivity contribution < 1.29 is 9.18 Å². The lowest BCUT2D eigenvalue weighted by atomic mass is 10.0. The fourth-order valence-electron chi connectivity index (χ4n) is 4.38. The molecule has 2 aromatic carbocycles. The lowest BCUT2D eigenvalue weighted by Crippen LogP contribution is -2.36. The fourth-order valence-corrected chi connectivity index (χ4v) is 5.82. The number of rotatable bonds is 8. The zero-order chi connectivity index (χ0) is 25.8. The summed E-state index contributed by atoms with van der Waals surface area (Å²) < 4.78 is 14.8. The van der Waals surface area contributed by atoms with Gasteiger partial charge in [0.1, 0.15) is 5.82 Å². The molecule has 0 bridgehead atoms. The van der Waals surface area contributed by atoms with Gasteiger partial charge in [0.2, 0.25) is 0 Å². The van der Waals surface area contributed by atoms with Crippen molar-refractivity contribution in [2.24, 2.45) is 4.99 Å². The topological polar surface area (TPSA) is 56.7 Å². The van der Waals surface area contributed by atoms with Crippen LogP contribution in [0, 0.1) is 12.7 Å². The molecule has 1 saturated heterocycles. The number of allylic oxidation sites excluding steroid dienone is 2. The van der Waals surface area contributed by atoms with Gasteiger partial charge in [-0.2, -0.15) is 0 Å². The zero-order valence-electron chi connectivity index (χ0n) is 21.0. The molecule has 2 aromatic rings. The molecule has 0 aromatic heterocycles. The van der Waals surface area contributed by atoms with E-state index in [4.69, 9.17) is 11.6 Å². The van der Waals surface area contributed by atoms with Gasteiger partial charge in [-0.15, -0.1) is 0 Å². The van der Waals surface area contributed by atoms with E-state index >= 15 is 0 Å². The zero-order valence-corrected chi connectivity index (χ0v) is 22.8. The minimum Gasteiger partial charge on any atom is -0.322 e. The van der Waals surface area contributed by atoms with Crippen LogP contribution in [0.15, 0.2) is 59.0 Å². The van der Waals surface area contributed by atoms with Crippen molar-refractivity contribution in [3.63, 3.8) is 0 Å². The number of carbonyl (C=O) groups is 1. The van der Waals surface area contributed by atoms with E-state index in [0.717, 1.165) is 48.1 Å². The maximum absolute atomic E-state index is 14.8. The third kappa shape index (κ3) is 6.30. The van der Waals surface area contributed by atoms with Crippen LogP contribution in [0.4, 0.5) is 10.1 Å². The normalized spacial score (nSPS) is 20.5. The number of anilines is 1. The summed E-state index contributed by atoms with van der Waals surface area (Å²) in [5.74, 6) is -0.733. The van der Waals surface area contributed by atoms with E-state index in [9.17, 15) is 9.18 Å². The predicted molar refractivity (Wildman–Crippen MR) is 150 cm³/mol. The van der Waals surface area contributed by atoms with Crippen LogP contribution in [-0.4, -0.2) is 35.9 Å². The second kappa shape index (κ2) is 11.8. The Morgan fingerprint density at radius 2 is 2.14 bits per heavy atom. The number of amides is 1. The summed E-state index contributed by atoms with van der Waals surface area (Å²) in [4.78, 5) is 19.6. The second-order valence-electron chi connectivity index (χ2n) is 9.34. The molecular formula is C28H33ClFN4OP. The molecule has 2 aliphatic heterocycles. The van der Waals surface area contributed by atoms with Crippen molar-refractivity contribution in [2.75, 3.05) is 18.4 Å². The molecule has 5 nitrogen and oxygen atoms in total. The van der Waals surface area contributed by atoms with Crippen LogP contribution in [0.1, 0.15) is 59.8 Å². The lowest BCUT2D eigenvalue weighted by Gasteiger charge is -2.31. The van der Waals surface area contributed by atoms with Gasteiger partial charge in [0.05, 0.1) is 11.5 Å². The number of nitrogens with one attached hydrogen (secondary N) is 2. The van der Waals surface area contributed by atoms with Crippen molar-refractivity contribution in [1.82, 2.24) is 10.2 Å². The van der Waals surface area contributed by atoms with Crippen molar-refractivity contribution in [2.45, 2.75) is 52.0 Å². The van der Waals surface area contributed by atoms with Crippen LogP contribution < -0.4 is 10.6 Å². The number of aryl methyl sites for hydroxylation is 1. The summed E-state index contributed by atoms with van der Waals surface area (Å²) in [6.07, 6.45) is 6.11. The number of halogens is 2. The van der Waals surface area contributed by atoms with Gasteiger partial charge in [-0.3, -0.25) is 20.0 Å². The minimum absolute atomic E-state index is 0.0305. The number of aliphatic imine (C=N–C) groups is 1. The summed E-state index contributed by atoms with van der Waals surface area (Å²) in [6, 6.07) is 8.64. The fraction of sp³-hybridized carbons (Fsp3) is 0.357. The molecule has 1 amide bonds. The van der Waals surface area contributed by atoms with Crippen molar-refractivity contribution in [3.8, 4) is 0 Å². The molecule has 4 rings (SSSR count). The highest BCUT2D eigenvalue weighted by molar-refractivity contribution is 7.45. The first-order valence-electron chi connectivity index (χ1n) is 12.3. The third-order valence-electron chi connectivity index (χ3n) is 6.57. The Bertz CT molecular complexity index is 1200. The number of nitrogens with zero attached hydrogens (tertiary/aromatic N) is 2. The van der Waals surface area contributed by atoms with Gasteiger partial charge < -0.3 is 5.32 Å². The predicted octanol–water partition coefficient (Wildman–Crippen LogP) is 6.79. The first-order valence-corrected chi connectivity index (χ1v) is 13.8. The third-order valence-corrected chi connectivity index (χ3v) is 8.13. The molecular weight excluding hydrogens is 494 g/mol. The number of carbonyl (C=O) groups excluding carboxylic acids is 1. The maximum atomic E-state index is 14.8. The molecule has 36 heavy (non-hydrogen) atoms. The van der Waals surface area contributed by atoms with Gasteiger partial charge in [-0.05, 0) is 80.5 Å². The molecule has 2 aliphatic rings. The van der Waals surface area contributed by atoms with Gasteiger partial charge >= 0.3 is 0 Å². The smallest absolute Gasteiger partial charge is 0.255 e. The first-order chi connectivity index (χ1) is 17.2. The summed E-state index contributed by atoms with van der Waals surface area (Å²) in [7, 11) is 0.520. The lowest BCUT2D eigenvalue weighted by molar-refractivity contribution is 0.102. The van der Waals surface area contributed by atoms with E-state index in [1.807, 2.05) is 31.3 Å². The molecule has 3 unspecified atom stereocenters. The van der Waals surface area contributed by atoms with Crippen LogP contribution in [-0.2, 0) is 6.54 Å². The highest BCUT2D eigenvalue weighted by Gasteiger charge is 2.21. The van der Waals surface area contributed by atoms with E-state index in [1.165, 1.54) is 6.07 Å². The van der Waals surface area contributed by atoms with Gasteiger partial charge in [0, 0.05) is 40.6 Å². The van der Waals surface area contributed by atoms with Crippen molar-refractivity contribution in [3.05, 3.63) is 87.1 Å². The van der Waals surface area contributed by atoms with Crippen molar-refractivity contribution in [1.29, 1.82) is 0 Å². The number of hydrogen-bond donors (Lipinski definition) is 2. The van der Waals surface area contributed by atoms with Crippen LogP contribution >= 0.6 is 20.2 Å². The molecule has 0 spiro atoms. The molecule has 190 valence electrons. The molecule has 0 saturated carbocycles. The van der Waals surface area contributed by atoms with E-state index in [1.54, 1.807) is 6.07 Å². The SMILES string of the molecule is C=C1PC(NC(C)c2cc(NC(=O)c3cc(F)c(CN4CCC4)c(Cl)c3)ccc2C)C=N/C1=C/CC. The van der Waals surface area contributed by atoms with E-state index in [2.05, 4.69) is 47.0 Å². The number of benzene rings is 2. The molecule has 0 radical (unpaired) electrons. The second-order valence-corrected chi connectivity index (χ2v) is 11.3. The largest absolute Gasteiger partial charge is 0.322 e. The van der Waals surface area contributed by atoms with E-state index in [0.29, 0.717) is 26.4 Å². The number of likely N-dealkylation sites (tertiary alicyclic amines) is 1. The molecule has 2 N–H and O–H groups in total. The van der Waals surface area contributed by atoms with Crippen LogP contribution in [0.3, 0.4) is 0 Å². The van der Waals surface area contributed by atoms with Gasteiger partial charge in [0.15, 0.2) is 0 Å². The van der Waals surface area contributed by atoms with Gasteiger partial charge in [-0.25, -0.2) is 4.39 Å². The average Bonchev–Trinajstić information content (AvgIpc) is 2.80. The molecule has 8 heteroatoms. The summed E-state index contributed by atoms with van der Waals surface area (Å²) in [6.45, 7) is 12.8. The Balaban J connectivity index is 1.45. The molecule has 0 aliphatic carbocycles. The Hall–Kier alpha value is -2.37. The van der Waals surface area contributed by atoms with Crippen LogP contribution in [0.25, 0.3) is 0 Å². The van der Waals surface area contributed by atoms with Crippen LogP contribution in [0.5, 0.6) is 0 Å².